The molecule has 21 heavy (non-hydrogen) atoms. The van der Waals surface area contributed by atoms with Crippen LogP contribution in [0.25, 0.3) is 0 Å². The molecule has 1 saturated carbocycles. The maximum absolute atomic E-state index is 11.2. The second-order valence-corrected chi connectivity index (χ2v) is 5.83. The fourth-order valence-electron chi connectivity index (χ4n) is 3.00. The molecule has 0 aromatic carbocycles. The van der Waals surface area contributed by atoms with E-state index in [1.54, 1.807) is 12.3 Å². The molecule has 1 aliphatic rings. The van der Waals surface area contributed by atoms with Crippen LogP contribution in [0.4, 0.5) is 5.69 Å². The van der Waals surface area contributed by atoms with E-state index in [1.165, 1.54) is 32.1 Å². The van der Waals surface area contributed by atoms with Crippen LogP contribution in [0.1, 0.15) is 49.5 Å². The summed E-state index contributed by atoms with van der Waals surface area (Å²) >= 11 is 0. The van der Waals surface area contributed by atoms with Crippen molar-refractivity contribution in [3.8, 4) is 0 Å². The van der Waals surface area contributed by atoms with Crippen LogP contribution in [-0.2, 0) is 0 Å². The third kappa shape index (κ3) is 4.17. The number of aromatic nitrogens is 1. The lowest BCUT2D eigenvalue weighted by Crippen LogP contribution is -2.41. The lowest BCUT2D eigenvalue weighted by atomic mass is 9.90. The maximum Gasteiger partial charge on any atom is 0.267 e. The summed E-state index contributed by atoms with van der Waals surface area (Å²) in [6, 6.07) is 4.90. The van der Waals surface area contributed by atoms with Crippen LogP contribution in [0.2, 0.25) is 0 Å². The predicted molar refractivity (Wildman–Crippen MR) is 85.5 cm³/mol. The Balaban J connectivity index is 1.94. The number of hydrogen-bond donors (Lipinski definition) is 2. The van der Waals surface area contributed by atoms with Gasteiger partial charge in [0, 0.05) is 31.0 Å². The Morgan fingerprint density at radius 2 is 2.14 bits per heavy atom. The standard InChI is InChI=1S/C16H26N4O/c1-3-9-18-12-4-6-13(7-5-12)20(2)14-8-10-19-15(11-14)16(17)21/h8,10-13,18H,3-7,9H2,1-2H3,(H2,17,21). The molecule has 0 bridgehead atoms. The number of carbonyl (C=O) groups is 1. The molecule has 2 rings (SSSR count). The number of nitrogens with one attached hydrogen (secondary N) is 1. The molecule has 0 spiro atoms. The third-order valence-electron chi connectivity index (χ3n) is 4.33. The minimum atomic E-state index is -0.474. The first-order chi connectivity index (χ1) is 10.1. The molecule has 0 saturated heterocycles. The summed E-state index contributed by atoms with van der Waals surface area (Å²) in [5.74, 6) is -0.474. The molecule has 0 radical (unpaired) electrons. The Kier molecular flexibility index (Phi) is 5.56. The molecule has 116 valence electrons. The molecule has 1 aliphatic carbocycles. The van der Waals surface area contributed by atoms with E-state index in [0.29, 0.717) is 17.8 Å². The summed E-state index contributed by atoms with van der Waals surface area (Å²) in [4.78, 5) is 17.5. The Labute approximate surface area is 126 Å². The van der Waals surface area contributed by atoms with Crippen molar-refractivity contribution in [1.82, 2.24) is 10.3 Å². The first-order valence-corrected chi connectivity index (χ1v) is 7.84. The number of hydrogen-bond acceptors (Lipinski definition) is 4. The normalized spacial score (nSPS) is 22.0. The van der Waals surface area contributed by atoms with Crippen LogP contribution < -0.4 is 16.0 Å². The lowest BCUT2D eigenvalue weighted by molar-refractivity contribution is 0.0995. The van der Waals surface area contributed by atoms with Gasteiger partial charge in [-0.1, -0.05) is 6.92 Å². The summed E-state index contributed by atoms with van der Waals surface area (Å²) in [5.41, 5.74) is 6.65. The highest BCUT2D eigenvalue weighted by Gasteiger charge is 2.24. The van der Waals surface area contributed by atoms with Crippen LogP contribution >= 0.6 is 0 Å². The van der Waals surface area contributed by atoms with Gasteiger partial charge in [-0.05, 0) is 50.8 Å². The minimum absolute atomic E-state index is 0.331. The smallest absolute Gasteiger partial charge is 0.267 e. The number of rotatable bonds is 6. The van der Waals surface area contributed by atoms with Gasteiger partial charge < -0.3 is 16.0 Å². The number of primary amides is 1. The van der Waals surface area contributed by atoms with Crippen molar-refractivity contribution in [2.75, 3.05) is 18.5 Å². The average molecular weight is 290 g/mol. The van der Waals surface area contributed by atoms with E-state index >= 15 is 0 Å². The number of nitrogens with two attached hydrogens (primary N) is 1. The van der Waals surface area contributed by atoms with Gasteiger partial charge >= 0.3 is 0 Å². The predicted octanol–water partition coefficient (Wildman–Crippen LogP) is 1.93. The molecule has 0 unspecified atom stereocenters. The number of amides is 1. The molecule has 1 aromatic rings. The molecule has 3 N–H and O–H groups in total. The second kappa shape index (κ2) is 7.41. The molecular weight excluding hydrogens is 264 g/mol. The lowest BCUT2D eigenvalue weighted by Gasteiger charge is -2.36. The monoisotopic (exact) mass is 290 g/mol. The van der Waals surface area contributed by atoms with E-state index in [0.717, 1.165) is 12.2 Å². The van der Waals surface area contributed by atoms with Crippen molar-refractivity contribution in [2.45, 2.75) is 51.1 Å². The Hall–Kier alpha value is -1.62. The molecule has 5 nitrogen and oxygen atoms in total. The first kappa shape index (κ1) is 15.8. The van der Waals surface area contributed by atoms with Crippen molar-refractivity contribution in [2.24, 2.45) is 5.73 Å². The summed E-state index contributed by atoms with van der Waals surface area (Å²) in [5, 5.41) is 3.60. The van der Waals surface area contributed by atoms with Crippen molar-refractivity contribution in [3.63, 3.8) is 0 Å². The molecule has 0 atom stereocenters. The van der Waals surface area contributed by atoms with Crippen LogP contribution in [0, 0.1) is 0 Å². The van der Waals surface area contributed by atoms with E-state index in [9.17, 15) is 4.79 Å². The van der Waals surface area contributed by atoms with Crippen LogP contribution in [0.15, 0.2) is 18.3 Å². The van der Waals surface area contributed by atoms with E-state index < -0.39 is 5.91 Å². The highest BCUT2D eigenvalue weighted by Crippen LogP contribution is 2.26. The Morgan fingerprint density at radius 1 is 1.43 bits per heavy atom. The molecule has 5 heteroatoms. The van der Waals surface area contributed by atoms with Crippen LogP contribution in [0.3, 0.4) is 0 Å². The number of pyridine rings is 1. The van der Waals surface area contributed by atoms with Gasteiger partial charge in [-0.15, -0.1) is 0 Å². The number of nitrogens with zero attached hydrogens (tertiary/aromatic N) is 2. The van der Waals surface area contributed by atoms with Crippen molar-refractivity contribution in [3.05, 3.63) is 24.0 Å². The molecule has 1 amide bonds. The fourth-order valence-corrected chi connectivity index (χ4v) is 3.00. The number of carbonyl (C=O) groups excluding carboxylic acids is 1. The zero-order chi connectivity index (χ0) is 15.2. The average Bonchev–Trinajstić information content (AvgIpc) is 2.53. The van der Waals surface area contributed by atoms with Gasteiger partial charge in [-0.3, -0.25) is 9.78 Å². The fraction of sp³-hybridized carbons (Fsp3) is 0.625. The summed E-state index contributed by atoms with van der Waals surface area (Å²) < 4.78 is 0. The Morgan fingerprint density at radius 3 is 2.76 bits per heavy atom. The number of anilines is 1. The van der Waals surface area contributed by atoms with Gasteiger partial charge in [0.25, 0.3) is 5.91 Å². The largest absolute Gasteiger partial charge is 0.372 e. The van der Waals surface area contributed by atoms with Crippen LogP contribution in [0.5, 0.6) is 0 Å². The van der Waals surface area contributed by atoms with E-state index in [2.05, 4.69) is 29.2 Å². The minimum Gasteiger partial charge on any atom is -0.372 e. The summed E-state index contributed by atoms with van der Waals surface area (Å²) in [7, 11) is 2.09. The summed E-state index contributed by atoms with van der Waals surface area (Å²) in [6.45, 7) is 3.31. The maximum atomic E-state index is 11.2. The van der Waals surface area contributed by atoms with Crippen molar-refractivity contribution >= 4 is 11.6 Å². The topological polar surface area (TPSA) is 71.2 Å². The van der Waals surface area contributed by atoms with E-state index in [-0.39, 0.29) is 0 Å². The molecule has 1 heterocycles. The Bertz CT molecular complexity index is 469. The molecule has 0 aliphatic heterocycles. The van der Waals surface area contributed by atoms with E-state index in [4.69, 9.17) is 5.73 Å². The third-order valence-corrected chi connectivity index (χ3v) is 4.33. The van der Waals surface area contributed by atoms with Gasteiger partial charge in [0.1, 0.15) is 5.69 Å². The highest BCUT2D eigenvalue weighted by molar-refractivity contribution is 5.91. The van der Waals surface area contributed by atoms with Crippen LogP contribution in [-0.4, -0.2) is 36.6 Å². The van der Waals surface area contributed by atoms with Gasteiger partial charge in [-0.25, -0.2) is 0 Å². The highest BCUT2D eigenvalue weighted by atomic mass is 16.1. The van der Waals surface area contributed by atoms with E-state index in [1.807, 2.05) is 6.07 Å². The zero-order valence-corrected chi connectivity index (χ0v) is 13.0. The second-order valence-electron chi connectivity index (χ2n) is 5.83. The SMILES string of the molecule is CCCNC1CCC(N(C)c2ccnc(C(N)=O)c2)CC1. The van der Waals surface area contributed by atoms with Crippen molar-refractivity contribution in [1.29, 1.82) is 0 Å². The summed E-state index contributed by atoms with van der Waals surface area (Å²) in [6.07, 6.45) is 7.61. The molecular formula is C16H26N4O. The first-order valence-electron chi connectivity index (χ1n) is 7.84. The van der Waals surface area contributed by atoms with Gasteiger partial charge in [0.15, 0.2) is 0 Å². The van der Waals surface area contributed by atoms with Gasteiger partial charge in [0.05, 0.1) is 0 Å². The van der Waals surface area contributed by atoms with Crippen molar-refractivity contribution < 1.29 is 4.79 Å². The van der Waals surface area contributed by atoms with Gasteiger partial charge in [0.2, 0.25) is 0 Å². The molecule has 1 fully saturated rings. The molecule has 1 aromatic heterocycles. The quantitative estimate of drug-likeness (QED) is 0.840. The zero-order valence-electron chi connectivity index (χ0n) is 13.0. The van der Waals surface area contributed by atoms with Gasteiger partial charge in [-0.2, -0.15) is 0 Å².